The predicted octanol–water partition coefficient (Wildman–Crippen LogP) is -6.81. The molecule has 0 unspecified atom stereocenters. The topological polar surface area (TPSA) is 797 Å². The van der Waals surface area contributed by atoms with Gasteiger partial charge in [-0.15, -0.1) is 0 Å². The number of imidazole rings is 1. The number of carboxylic acids is 1. The molecule has 2 aromatic carbocycles. The SMILES string of the molecule is CC[C@H](C)[C@H](NC(=O)[C@H](CC(C)C)NC(=O)[C@H](CC(N)=O)NC(=O)[C@H](CCCCN)NC(=O)[C@H](Cc1ccc(O)cc1)NC(=O)[C@H](Cc1c[nH]cn1)NC(=O)[C@H](CCCNC(=N)N)NC(C)=O)C(=O)N[C@@H](CCC(=O)O)C(=O)N[C@@H](CCCNC(=N)N)C(=O)N[C@@H](CCC(N)=O)C(=O)N[C@@H](CCCNC(=N)N)C(=O)N[C@@H](Cc1ccc(O)cc1)C(N)=O. The van der Waals surface area contributed by atoms with Crippen LogP contribution in [0.4, 0.5) is 0 Å². The fourth-order valence-corrected chi connectivity index (χ4v) is 12.3. The fraction of sp³-hybridized carbons (Fsp3) is 0.553. The van der Waals surface area contributed by atoms with E-state index in [9.17, 15) is 92.0 Å². The molecule has 0 aliphatic carbocycles. The van der Waals surface area contributed by atoms with Crippen LogP contribution in [-0.2, 0) is 96.0 Å². The van der Waals surface area contributed by atoms with Crippen LogP contribution in [0.3, 0.4) is 0 Å². The van der Waals surface area contributed by atoms with Crippen LogP contribution in [0.1, 0.15) is 154 Å². The molecule has 0 aliphatic heterocycles. The minimum Gasteiger partial charge on any atom is -0.508 e. The Morgan fingerprint density at radius 3 is 1.15 bits per heavy atom. The van der Waals surface area contributed by atoms with Crippen LogP contribution in [0.15, 0.2) is 61.1 Å². The van der Waals surface area contributed by atoms with E-state index in [0.717, 1.165) is 0 Å². The van der Waals surface area contributed by atoms with Crippen LogP contribution < -0.4 is 120 Å². The molecule has 1 heterocycles. The van der Waals surface area contributed by atoms with Gasteiger partial charge in [0.2, 0.25) is 88.6 Å². The Morgan fingerprint density at radius 1 is 0.418 bits per heavy atom. The van der Waals surface area contributed by atoms with Crippen molar-refractivity contribution in [3.8, 4) is 11.5 Å². The van der Waals surface area contributed by atoms with Crippen molar-refractivity contribution < 1.29 is 92.0 Å². The zero-order valence-electron chi connectivity index (χ0n) is 69.0. The van der Waals surface area contributed by atoms with E-state index in [0.29, 0.717) is 17.5 Å². The van der Waals surface area contributed by atoms with Gasteiger partial charge in [-0.3, -0.25) is 92.9 Å². The number of unbranched alkanes of at least 4 members (excludes halogenated alkanes) is 1. The lowest BCUT2D eigenvalue weighted by Gasteiger charge is -2.30. The third kappa shape index (κ3) is 40.3. The van der Waals surface area contributed by atoms with E-state index in [1.165, 1.54) is 74.9 Å². The molecule has 674 valence electrons. The van der Waals surface area contributed by atoms with Crippen LogP contribution >= 0.6 is 0 Å². The number of rotatable bonds is 58. The summed E-state index contributed by atoms with van der Waals surface area (Å²) >= 11 is 0. The number of nitrogens with one attached hydrogen (secondary N) is 19. The van der Waals surface area contributed by atoms with Gasteiger partial charge in [0.1, 0.15) is 84.0 Å². The Hall–Kier alpha value is -13.5. The van der Waals surface area contributed by atoms with E-state index in [4.69, 9.17) is 56.4 Å². The quantitative estimate of drug-likeness (QED) is 0.0142. The number of nitrogens with two attached hydrogens (primary N) is 7. The summed E-state index contributed by atoms with van der Waals surface area (Å²) in [6.45, 7) is 7.85. The smallest absolute Gasteiger partial charge is 0.303 e. The number of phenols is 2. The standard InChI is InChI=1S/C76H121N27O19/c1-6-40(4)61(73(122)97-52(25-27-60(109)110)68(117)93-49(14-10-30-89-75(83)84)64(113)96-51(24-26-58(78)107)67(116)94-50(15-11-31-90-76(85)86)65(114)98-53(62(80)111)33-42-16-20-45(105)21-17-42)103-72(121)54(32-39(2)3)99-71(120)57(36-59(79)108)102-66(115)48(12-7-8-28-77)95-69(118)55(34-43-18-22-46(106)23-19-43)100-70(119)56(35-44-37-87-38-91-44)101-63(112)47(92-41(5)104)13-9-29-88-74(81)82/h16-23,37-40,47-57,61,105-106H,6-15,24-36,77H2,1-5H3,(H2,78,107)(H2,79,108)(H2,80,111)(H,87,91)(H,92,104)(H,93,117)(H,94,116)(H,95,118)(H,96,113)(H,97,122)(H,98,114)(H,99,120)(H,100,119)(H,101,112)(H,102,115)(H,103,121)(H,109,110)(H4,81,82,88)(H4,83,84,89)(H4,85,86,90)/t40-,47-,48-,49-,50-,51-,52-,53-,54-,55-,56-,57-,61-/m0/s1. The highest BCUT2D eigenvalue weighted by molar-refractivity contribution is 6.01. The molecule has 46 nitrogen and oxygen atoms in total. The summed E-state index contributed by atoms with van der Waals surface area (Å²) < 4.78 is 0. The number of phenolic OH excluding ortho intramolecular Hbond substituents is 2. The maximum absolute atomic E-state index is 14.8. The van der Waals surface area contributed by atoms with Crippen molar-refractivity contribution in [3.63, 3.8) is 0 Å². The summed E-state index contributed by atoms with van der Waals surface area (Å²) in [6, 6.07) is -8.01. The number of aromatic nitrogens is 2. The number of guanidine groups is 3. The van der Waals surface area contributed by atoms with E-state index in [2.05, 4.69) is 89.7 Å². The van der Waals surface area contributed by atoms with Gasteiger partial charge in [0.25, 0.3) is 0 Å². The Morgan fingerprint density at radius 2 is 0.770 bits per heavy atom. The number of amides is 15. The van der Waals surface area contributed by atoms with Gasteiger partial charge in [-0.05, 0) is 131 Å². The van der Waals surface area contributed by atoms with Crippen molar-refractivity contribution in [2.24, 2.45) is 52.0 Å². The van der Waals surface area contributed by atoms with Gasteiger partial charge in [-0.25, -0.2) is 4.98 Å². The molecule has 0 fully saturated rings. The maximum atomic E-state index is 14.8. The highest BCUT2D eigenvalue weighted by atomic mass is 16.4. The van der Waals surface area contributed by atoms with Crippen molar-refractivity contribution >= 4 is 112 Å². The molecule has 1 aromatic heterocycles. The summed E-state index contributed by atoms with van der Waals surface area (Å²) in [6.07, 6.45) is -1.48. The molecule has 0 saturated heterocycles. The van der Waals surface area contributed by atoms with Crippen molar-refractivity contribution in [2.75, 3.05) is 26.2 Å². The molecule has 13 atom stereocenters. The van der Waals surface area contributed by atoms with Gasteiger partial charge in [-0.1, -0.05) is 58.4 Å². The van der Waals surface area contributed by atoms with Crippen LogP contribution in [0, 0.1) is 28.1 Å². The molecule has 122 heavy (non-hydrogen) atoms. The van der Waals surface area contributed by atoms with Crippen LogP contribution in [0.25, 0.3) is 0 Å². The molecule has 0 spiro atoms. The Kier molecular flexibility index (Phi) is 45.4. The number of hydrogen-bond donors (Lipinski definition) is 29. The second kappa shape index (κ2) is 53.9. The van der Waals surface area contributed by atoms with Crippen molar-refractivity contribution in [1.29, 1.82) is 16.2 Å². The number of H-pyrrole nitrogens is 1. The van der Waals surface area contributed by atoms with E-state index in [1.54, 1.807) is 20.8 Å². The molecule has 15 amide bonds. The molecule has 36 N–H and O–H groups in total. The second-order valence-electron chi connectivity index (χ2n) is 29.6. The molecule has 46 heteroatoms. The van der Waals surface area contributed by atoms with Gasteiger partial charge in [0, 0.05) is 64.9 Å². The maximum Gasteiger partial charge on any atom is 0.303 e. The number of aromatic hydroxyl groups is 2. The number of carbonyl (C=O) groups is 16. The molecule has 3 aromatic rings. The average molecular weight is 1720 g/mol. The van der Waals surface area contributed by atoms with Crippen LogP contribution in [-0.4, -0.2) is 236 Å². The van der Waals surface area contributed by atoms with Gasteiger partial charge in [0.15, 0.2) is 17.9 Å². The molecular weight excluding hydrogens is 1600 g/mol. The van der Waals surface area contributed by atoms with Gasteiger partial charge < -0.3 is 140 Å². The zero-order chi connectivity index (χ0) is 91.3. The van der Waals surface area contributed by atoms with Crippen LogP contribution in [0.2, 0.25) is 0 Å². The van der Waals surface area contributed by atoms with Gasteiger partial charge >= 0.3 is 5.97 Å². The number of benzene rings is 2. The van der Waals surface area contributed by atoms with E-state index < -0.39 is 223 Å². The lowest BCUT2D eigenvalue weighted by atomic mass is 9.96. The first-order chi connectivity index (χ1) is 57.6. The van der Waals surface area contributed by atoms with E-state index >= 15 is 0 Å². The van der Waals surface area contributed by atoms with Crippen molar-refractivity contribution in [3.05, 3.63) is 77.9 Å². The number of aromatic amines is 1. The first-order valence-electron chi connectivity index (χ1n) is 39.8. The minimum absolute atomic E-state index is 0.00546. The van der Waals surface area contributed by atoms with Gasteiger partial charge in [-0.2, -0.15) is 0 Å². The number of aliphatic carboxylic acids is 1. The first-order valence-corrected chi connectivity index (χ1v) is 39.8. The monoisotopic (exact) mass is 1720 g/mol. The molecule has 0 aliphatic rings. The second-order valence-corrected chi connectivity index (χ2v) is 29.6. The van der Waals surface area contributed by atoms with Crippen molar-refractivity contribution in [1.82, 2.24) is 89.7 Å². The predicted molar refractivity (Wildman–Crippen MR) is 442 cm³/mol. The van der Waals surface area contributed by atoms with Crippen LogP contribution in [0.5, 0.6) is 11.5 Å². The zero-order valence-corrected chi connectivity index (χ0v) is 69.0. The summed E-state index contributed by atoms with van der Waals surface area (Å²) in [7, 11) is 0. The number of carboxylic acid groups (broad SMARTS) is 1. The fourth-order valence-electron chi connectivity index (χ4n) is 12.3. The Labute approximate surface area is 704 Å². The summed E-state index contributed by atoms with van der Waals surface area (Å²) in [5.74, 6) is -19.3. The molecule has 0 bridgehead atoms. The third-order valence-corrected chi connectivity index (χ3v) is 18.9. The average Bonchev–Trinajstić information content (AvgIpc) is 1.00. The summed E-state index contributed by atoms with van der Waals surface area (Å²) in [4.78, 5) is 229. The molecule has 0 radical (unpaired) electrons. The molecule has 3 rings (SSSR count). The highest BCUT2D eigenvalue weighted by Gasteiger charge is 2.39. The summed E-state index contributed by atoms with van der Waals surface area (Å²) in [5, 5.41) is 90.7. The number of hydrogen-bond acceptors (Lipinski definition) is 23. The van der Waals surface area contributed by atoms with E-state index in [1.807, 2.05) is 0 Å². The van der Waals surface area contributed by atoms with Crippen molar-refractivity contribution in [2.45, 2.75) is 229 Å². The lowest BCUT2D eigenvalue weighted by molar-refractivity contribution is -0.139. The van der Waals surface area contributed by atoms with Gasteiger partial charge in [0.05, 0.1) is 18.4 Å². The minimum atomic E-state index is -1.89. The lowest BCUT2D eigenvalue weighted by Crippen LogP contribution is -2.62. The Bertz CT molecular complexity index is 4040. The summed E-state index contributed by atoms with van der Waals surface area (Å²) in [5.41, 5.74) is 40.2. The molecule has 0 saturated carbocycles. The third-order valence-electron chi connectivity index (χ3n) is 18.9. The Balaban J connectivity index is 2.03. The highest BCUT2D eigenvalue weighted by Crippen LogP contribution is 2.18. The van der Waals surface area contributed by atoms with E-state index in [-0.39, 0.29) is 133 Å². The number of primary amides is 3. The largest absolute Gasteiger partial charge is 0.508 e. The molecular formula is C76H121N27O19. The first kappa shape index (κ1) is 103. The number of carbonyl (C=O) groups excluding carboxylic acids is 15. The number of nitrogens with zero attached hydrogens (tertiary/aromatic N) is 1. The normalized spacial score (nSPS) is 14.2.